The first kappa shape index (κ1) is 18.0. The van der Waals surface area contributed by atoms with Crippen molar-refractivity contribution in [3.05, 3.63) is 88.7 Å². The summed E-state index contributed by atoms with van der Waals surface area (Å²) in [5.74, 6) is 1.46. The smallest absolute Gasteiger partial charge is 0.274 e. The Morgan fingerprint density at radius 2 is 1.90 bits per heavy atom. The predicted molar refractivity (Wildman–Crippen MR) is 111 cm³/mol. The van der Waals surface area contributed by atoms with Crippen LogP contribution in [0.3, 0.4) is 0 Å². The highest BCUT2D eigenvalue weighted by Gasteiger charge is 2.45. The summed E-state index contributed by atoms with van der Waals surface area (Å²) in [6, 6.07) is 14.2. The first-order valence-electron chi connectivity index (χ1n) is 9.66. The van der Waals surface area contributed by atoms with Gasteiger partial charge in [0.2, 0.25) is 0 Å². The zero-order valence-corrected chi connectivity index (χ0v) is 16.4. The molecule has 146 valence electrons. The quantitative estimate of drug-likeness (QED) is 0.539. The molecule has 1 aliphatic carbocycles. The minimum atomic E-state index is -0.261. The molecule has 1 saturated carbocycles. The van der Waals surface area contributed by atoms with Crippen molar-refractivity contribution in [1.29, 1.82) is 0 Å². The topological polar surface area (TPSA) is 59.0 Å². The Balaban J connectivity index is 1.56. The molecule has 5 nitrogen and oxygen atoms in total. The van der Waals surface area contributed by atoms with E-state index in [0.29, 0.717) is 10.6 Å². The number of rotatable bonds is 3. The SMILES string of the molecule is O=C(c1ccc(Cl)cc1)N1N=C2/C(=C/c3ccco3)CCCC2C1c1ccco1. The fourth-order valence-electron chi connectivity index (χ4n) is 4.18. The number of halogens is 1. The summed E-state index contributed by atoms with van der Waals surface area (Å²) in [6.07, 6.45) is 8.21. The number of amides is 1. The monoisotopic (exact) mass is 406 g/mol. The molecule has 3 aromatic rings. The number of nitrogens with zero attached hydrogens (tertiary/aromatic N) is 2. The predicted octanol–water partition coefficient (Wildman–Crippen LogP) is 5.96. The normalized spacial score (nSPS) is 22.6. The lowest BCUT2D eigenvalue weighted by molar-refractivity contribution is 0.0656. The third-order valence-corrected chi connectivity index (χ3v) is 5.75. The minimum Gasteiger partial charge on any atom is -0.467 e. The Bertz CT molecular complexity index is 1070. The molecule has 3 heterocycles. The van der Waals surface area contributed by atoms with Crippen LogP contribution in [-0.4, -0.2) is 16.6 Å². The molecular formula is C23H19ClN2O3. The van der Waals surface area contributed by atoms with Gasteiger partial charge in [-0.3, -0.25) is 4.79 Å². The third kappa shape index (κ3) is 3.32. The molecule has 2 aliphatic rings. The number of hydrogen-bond donors (Lipinski definition) is 0. The van der Waals surface area contributed by atoms with Gasteiger partial charge < -0.3 is 8.83 Å². The molecule has 6 heteroatoms. The molecule has 2 aromatic heterocycles. The summed E-state index contributed by atoms with van der Waals surface area (Å²) in [4.78, 5) is 13.3. The maximum absolute atomic E-state index is 13.3. The van der Waals surface area contributed by atoms with E-state index in [-0.39, 0.29) is 17.9 Å². The van der Waals surface area contributed by atoms with Crippen LogP contribution in [0.2, 0.25) is 5.02 Å². The number of allylic oxidation sites excluding steroid dienone is 1. The second kappa shape index (κ2) is 7.41. The average molecular weight is 407 g/mol. The van der Waals surface area contributed by atoms with Gasteiger partial charge in [0, 0.05) is 16.5 Å². The Labute approximate surface area is 173 Å². The van der Waals surface area contributed by atoms with Crippen molar-refractivity contribution in [2.45, 2.75) is 25.3 Å². The second-order valence-corrected chi connectivity index (χ2v) is 7.72. The van der Waals surface area contributed by atoms with Gasteiger partial charge in [0.05, 0.1) is 18.2 Å². The van der Waals surface area contributed by atoms with E-state index in [4.69, 9.17) is 25.5 Å². The lowest BCUT2D eigenvalue weighted by Crippen LogP contribution is -2.31. The highest BCUT2D eigenvalue weighted by molar-refractivity contribution is 6.30. The third-order valence-electron chi connectivity index (χ3n) is 5.50. The van der Waals surface area contributed by atoms with Gasteiger partial charge in [-0.25, -0.2) is 5.01 Å². The summed E-state index contributed by atoms with van der Waals surface area (Å²) in [5.41, 5.74) is 2.60. The van der Waals surface area contributed by atoms with Crippen molar-refractivity contribution < 1.29 is 13.6 Å². The number of carbonyl (C=O) groups excluding carboxylic acids is 1. The van der Waals surface area contributed by atoms with Gasteiger partial charge in [-0.15, -0.1) is 0 Å². The van der Waals surface area contributed by atoms with Gasteiger partial charge >= 0.3 is 0 Å². The van der Waals surface area contributed by atoms with Crippen LogP contribution < -0.4 is 0 Å². The fraction of sp³-hybridized carbons (Fsp3) is 0.217. The van der Waals surface area contributed by atoms with Gasteiger partial charge in [0.25, 0.3) is 5.91 Å². The van der Waals surface area contributed by atoms with Gasteiger partial charge in [-0.05, 0) is 79.4 Å². The number of fused-ring (bicyclic) bond motifs is 1. The maximum atomic E-state index is 13.3. The van der Waals surface area contributed by atoms with Crippen molar-refractivity contribution >= 4 is 29.3 Å². The number of hydrogen-bond acceptors (Lipinski definition) is 4. The molecule has 0 saturated heterocycles. The fourth-order valence-corrected chi connectivity index (χ4v) is 4.30. The van der Waals surface area contributed by atoms with Crippen LogP contribution in [0.5, 0.6) is 0 Å². The molecule has 0 radical (unpaired) electrons. The van der Waals surface area contributed by atoms with Crippen molar-refractivity contribution in [1.82, 2.24) is 5.01 Å². The van der Waals surface area contributed by atoms with Crippen molar-refractivity contribution in [2.24, 2.45) is 11.0 Å². The molecule has 5 rings (SSSR count). The summed E-state index contributed by atoms with van der Waals surface area (Å²) < 4.78 is 11.2. The summed E-state index contributed by atoms with van der Waals surface area (Å²) >= 11 is 5.99. The van der Waals surface area contributed by atoms with Crippen LogP contribution in [0, 0.1) is 5.92 Å². The Morgan fingerprint density at radius 3 is 2.62 bits per heavy atom. The summed E-state index contributed by atoms with van der Waals surface area (Å²) in [6.45, 7) is 0. The van der Waals surface area contributed by atoms with Gasteiger partial charge in [-0.2, -0.15) is 5.10 Å². The molecule has 2 unspecified atom stereocenters. The van der Waals surface area contributed by atoms with Crippen LogP contribution in [0.15, 0.2) is 80.6 Å². The van der Waals surface area contributed by atoms with Crippen LogP contribution in [0.1, 0.15) is 47.2 Å². The molecule has 1 aliphatic heterocycles. The minimum absolute atomic E-state index is 0.0902. The molecule has 0 spiro atoms. The summed E-state index contributed by atoms with van der Waals surface area (Å²) in [5, 5.41) is 6.97. The molecule has 1 amide bonds. The largest absolute Gasteiger partial charge is 0.467 e. The standard InChI is InChI=1S/C23H19ClN2O3/c24-17-10-8-15(9-11-17)23(27)26-22(20-7-3-13-29-20)19-6-1-4-16(21(19)25-26)14-18-5-2-12-28-18/h2-3,5,7-14,19,22H,1,4,6H2/b16-14+. The average Bonchev–Trinajstić information content (AvgIpc) is 3.48. The van der Waals surface area contributed by atoms with Crippen LogP contribution in [0.25, 0.3) is 6.08 Å². The second-order valence-electron chi connectivity index (χ2n) is 7.29. The first-order valence-corrected chi connectivity index (χ1v) is 10.0. The zero-order chi connectivity index (χ0) is 19.8. The summed E-state index contributed by atoms with van der Waals surface area (Å²) in [7, 11) is 0. The molecule has 29 heavy (non-hydrogen) atoms. The van der Waals surface area contributed by atoms with E-state index in [2.05, 4.69) is 0 Å². The van der Waals surface area contributed by atoms with E-state index in [1.165, 1.54) is 0 Å². The van der Waals surface area contributed by atoms with Gasteiger partial charge in [0.1, 0.15) is 17.6 Å². The van der Waals surface area contributed by atoms with Crippen molar-refractivity contribution in [2.75, 3.05) is 0 Å². The van der Waals surface area contributed by atoms with Crippen LogP contribution in [0.4, 0.5) is 0 Å². The van der Waals surface area contributed by atoms with E-state index in [1.807, 2.05) is 30.3 Å². The number of hydrazone groups is 1. The number of carbonyl (C=O) groups is 1. The lowest BCUT2D eigenvalue weighted by Gasteiger charge is -2.27. The lowest BCUT2D eigenvalue weighted by atomic mass is 9.79. The van der Waals surface area contributed by atoms with E-state index < -0.39 is 0 Å². The highest BCUT2D eigenvalue weighted by atomic mass is 35.5. The van der Waals surface area contributed by atoms with Crippen molar-refractivity contribution in [3.63, 3.8) is 0 Å². The highest BCUT2D eigenvalue weighted by Crippen LogP contribution is 2.45. The molecule has 2 atom stereocenters. The number of furan rings is 2. The van der Waals surface area contributed by atoms with E-state index in [9.17, 15) is 4.79 Å². The molecule has 0 N–H and O–H groups in total. The Kier molecular flexibility index (Phi) is 4.60. The van der Waals surface area contributed by atoms with E-state index in [0.717, 1.165) is 42.1 Å². The Hall–Kier alpha value is -3.05. The van der Waals surface area contributed by atoms with Crippen LogP contribution in [-0.2, 0) is 0 Å². The first-order chi connectivity index (χ1) is 14.2. The zero-order valence-electron chi connectivity index (χ0n) is 15.6. The maximum Gasteiger partial charge on any atom is 0.274 e. The van der Waals surface area contributed by atoms with E-state index in [1.54, 1.807) is 41.8 Å². The van der Waals surface area contributed by atoms with Gasteiger partial charge in [0.15, 0.2) is 0 Å². The molecular weight excluding hydrogens is 388 g/mol. The van der Waals surface area contributed by atoms with Crippen LogP contribution >= 0.6 is 11.6 Å². The van der Waals surface area contributed by atoms with Gasteiger partial charge in [-0.1, -0.05) is 11.6 Å². The number of benzene rings is 1. The van der Waals surface area contributed by atoms with Crippen molar-refractivity contribution in [3.8, 4) is 0 Å². The molecule has 1 fully saturated rings. The van der Waals surface area contributed by atoms with E-state index >= 15 is 0 Å². The molecule has 1 aromatic carbocycles. The molecule has 0 bridgehead atoms. The Morgan fingerprint density at radius 1 is 1.10 bits per heavy atom.